The van der Waals surface area contributed by atoms with Crippen molar-refractivity contribution in [2.24, 2.45) is 0 Å². The standard InChI is InChI=1S/C26H29FN2O4/c1-4-13-32-21-11-9-19(10-12-21)23-24(28-14-17(2)33-18(3)15-28)26(31)29(25(23)30)16-20-7-5-6-8-22(20)27/h5-12,17-18H,4,13-16H2,1-3H3. The van der Waals surface area contributed by atoms with Crippen LogP contribution in [-0.2, 0) is 20.9 Å². The second-order valence-electron chi connectivity index (χ2n) is 8.55. The van der Waals surface area contributed by atoms with E-state index < -0.39 is 17.6 Å². The maximum atomic E-state index is 14.3. The van der Waals surface area contributed by atoms with Gasteiger partial charge in [-0.15, -0.1) is 0 Å². The lowest BCUT2D eigenvalue weighted by Crippen LogP contribution is -2.46. The van der Waals surface area contributed by atoms with Gasteiger partial charge in [0.05, 0.1) is 30.9 Å². The number of hydrogen-bond acceptors (Lipinski definition) is 5. The molecule has 2 aliphatic rings. The van der Waals surface area contributed by atoms with Crippen LogP contribution >= 0.6 is 0 Å². The molecule has 0 aliphatic carbocycles. The van der Waals surface area contributed by atoms with E-state index in [-0.39, 0.29) is 18.8 Å². The van der Waals surface area contributed by atoms with Gasteiger partial charge in [0.1, 0.15) is 17.3 Å². The summed E-state index contributed by atoms with van der Waals surface area (Å²) < 4.78 is 25.8. The molecule has 0 saturated carbocycles. The van der Waals surface area contributed by atoms with Crippen LogP contribution in [0.4, 0.5) is 4.39 Å². The highest BCUT2D eigenvalue weighted by atomic mass is 19.1. The molecule has 1 saturated heterocycles. The van der Waals surface area contributed by atoms with Crippen molar-refractivity contribution in [3.63, 3.8) is 0 Å². The van der Waals surface area contributed by atoms with Crippen LogP contribution in [0.2, 0.25) is 0 Å². The number of imide groups is 1. The highest BCUT2D eigenvalue weighted by Gasteiger charge is 2.43. The average Bonchev–Trinajstić information content (AvgIpc) is 3.03. The molecule has 6 nitrogen and oxygen atoms in total. The summed E-state index contributed by atoms with van der Waals surface area (Å²) >= 11 is 0. The molecule has 0 bridgehead atoms. The number of carbonyl (C=O) groups is 2. The molecule has 4 rings (SSSR count). The van der Waals surface area contributed by atoms with E-state index in [1.165, 1.54) is 6.07 Å². The summed E-state index contributed by atoms with van der Waals surface area (Å²) in [4.78, 5) is 30.2. The Morgan fingerprint density at radius 3 is 2.30 bits per heavy atom. The molecule has 2 unspecified atom stereocenters. The van der Waals surface area contributed by atoms with Crippen molar-refractivity contribution in [1.82, 2.24) is 9.80 Å². The van der Waals surface area contributed by atoms with Gasteiger partial charge in [-0.05, 0) is 44.0 Å². The first kappa shape index (κ1) is 23.0. The number of amides is 2. The molecular formula is C26H29FN2O4. The molecule has 0 spiro atoms. The normalized spacial score (nSPS) is 21.2. The van der Waals surface area contributed by atoms with Gasteiger partial charge in [0.2, 0.25) is 0 Å². The average molecular weight is 453 g/mol. The number of benzene rings is 2. The number of hydrogen-bond donors (Lipinski definition) is 0. The van der Waals surface area contributed by atoms with E-state index in [0.29, 0.717) is 47.8 Å². The quantitative estimate of drug-likeness (QED) is 0.595. The Balaban J connectivity index is 1.72. The van der Waals surface area contributed by atoms with Crippen molar-refractivity contribution in [2.75, 3.05) is 19.7 Å². The maximum absolute atomic E-state index is 14.3. The molecule has 2 aromatic carbocycles. The summed E-state index contributed by atoms with van der Waals surface area (Å²) in [7, 11) is 0. The monoisotopic (exact) mass is 452 g/mol. The van der Waals surface area contributed by atoms with E-state index in [1.807, 2.05) is 25.7 Å². The first-order valence-corrected chi connectivity index (χ1v) is 11.4. The molecular weight excluding hydrogens is 423 g/mol. The SMILES string of the molecule is CCCOc1ccc(C2=C(N3CC(C)OC(C)C3)C(=O)N(Cc3ccccc3F)C2=O)cc1. The minimum atomic E-state index is -0.445. The number of morpholine rings is 1. The van der Waals surface area contributed by atoms with E-state index in [9.17, 15) is 14.0 Å². The number of halogens is 1. The molecule has 7 heteroatoms. The summed E-state index contributed by atoms with van der Waals surface area (Å²) in [5, 5.41) is 0. The third kappa shape index (κ3) is 4.78. The van der Waals surface area contributed by atoms with Crippen molar-refractivity contribution >= 4 is 17.4 Å². The Bertz CT molecular complexity index is 1060. The van der Waals surface area contributed by atoms with Gasteiger partial charge in [-0.1, -0.05) is 37.3 Å². The fourth-order valence-electron chi connectivity index (χ4n) is 4.36. The van der Waals surface area contributed by atoms with E-state index >= 15 is 0 Å². The number of carbonyl (C=O) groups excluding carboxylic acids is 2. The Labute approximate surface area is 193 Å². The minimum Gasteiger partial charge on any atom is -0.494 e. The van der Waals surface area contributed by atoms with E-state index in [0.717, 1.165) is 11.3 Å². The molecule has 33 heavy (non-hydrogen) atoms. The fourth-order valence-corrected chi connectivity index (χ4v) is 4.36. The lowest BCUT2D eigenvalue weighted by atomic mass is 10.0. The van der Waals surface area contributed by atoms with Crippen LogP contribution in [0, 0.1) is 5.82 Å². The Kier molecular flexibility index (Phi) is 6.79. The maximum Gasteiger partial charge on any atom is 0.278 e. The fraction of sp³-hybridized carbons (Fsp3) is 0.385. The van der Waals surface area contributed by atoms with E-state index in [2.05, 4.69) is 0 Å². The third-order valence-corrected chi connectivity index (χ3v) is 5.78. The zero-order chi connectivity index (χ0) is 23.5. The van der Waals surface area contributed by atoms with Crippen LogP contribution in [0.15, 0.2) is 54.2 Å². The van der Waals surface area contributed by atoms with Crippen molar-refractivity contribution in [2.45, 2.75) is 45.9 Å². The van der Waals surface area contributed by atoms with Crippen LogP contribution in [0.5, 0.6) is 5.75 Å². The largest absolute Gasteiger partial charge is 0.494 e. The molecule has 0 N–H and O–H groups in total. The van der Waals surface area contributed by atoms with Crippen LogP contribution in [-0.4, -0.2) is 53.5 Å². The van der Waals surface area contributed by atoms with Gasteiger partial charge in [0, 0.05) is 18.7 Å². The molecule has 0 aromatic heterocycles. The van der Waals surface area contributed by atoms with Gasteiger partial charge in [-0.3, -0.25) is 14.5 Å². The van der Waals surface area contributed by atoms with Crippen LogP contribution in [0.3, 0.4) is 0 Å². The van der Waals surface area contributed by atoms with E-state index in [1.54, 1.807) is 42.5 Å². The summed E-state index contributed by atoms with van der Waals surface area (Å²) in [6.07, 6.45) is 0.717. The summed E-state index contributed by atoms with van der Waals surface area (Å²) in [5.74, 6) is -0.575. The van der Waals surface area contributed by atoms with Gasteiger partial charge < -0.3 is 14.4 Å². The summed E-state index contributed by atoms with van der Waals surface area (Å²) in [5.41, 5.74) is 1.61. The molecule has 2 atom stereocenters. The van der Waals surface area contributed by atoms with E-state index in [4.69, 9.17) is 9.47 Å². The molecule has 0 radical (unpaired) electrons. The van der Waals surface area contributed by atoms with Crippen LogP contribution < -0.4 is 4.74 Å². The lowest BCUT2D eigenvalue weighted by molar-refractivity contribution is -0.139. The second kappa shape index (κ2) is 9.75. The first-order chi connectivity index (χ1) is 15.9. The second-order valence-corrected chi connectivity index (χ2v) is 8.55. The smallest absolute Gasteiger partial charge is 0.278 e. The van der Waals surface area contributed by atoms with Crippen molar-refractivity contribution in [3.05, 3.63) is 71.2 Å². The number of nitrogens with zero attached hydrogens (tertiary/aromatic N) is 2. The lowest BCUT2D eigenvalue weighted by Gasteiger charge is -2.37. The molecule has 2 aliphatic heterocycles. The third-order valence-electron chi connectivity index (χ3n) is 5.78. The van der Waals surface area contributed by atoms with Crippen LogP contribution in [0.25, 0.3) is 5.57 Å². The predicted octanol–water partition coefficient (Wildman–Crippen LogP) is 4.00. The molecule has 2 amide bonds. The predicted molar refractivity (Wildman–Crippen MR) is 123 cm³/mol. The molecule has 174 valence electrons. The summed E-state index contributed by atoms with van der Waals surface area (Å²) in [6.45, 7) is 7.39. The van der Waals surface area contributed by atoms with Crippen molar-refractivity contribution < 1.29 is 23.5 Å². The Morgan fingerprint density at radius 1 is 1.00 bits per heavy atom. The topological polar surface area (TPSA) is 59.1 Å². The van der Waals surface area contributed by atoms with Crippen molar-refractivity contribution in [3.8, 4) is 5.75 Å². The van der Waals surface area contributed by atoms with Crippen LogP contribution in [0.1, 0.15) is 38.3 Å². The van der Waals surface area contributed by atoms with Gasteiger partial charge in [0.25, 0.3) is 11.8 Å². The zero-order valence-corrected chi connectivity index (χ0v) is 19.2. The van der Waals surface area contributed by atoms with Gasteiger partial charge in [-0.2, -0.15) is 0 Å². The molecule has 2 heterocycles. The highest BCUT2D eigenvalue weighted by Crippen LogP contribution is 2.35. The van der Waals surface area contributed by atoms with Gasteiger partial charge in [0.15, 0.2) is 0 Å². The Morgan fingerprint density at radius 2 is 1.67 bits per heavy atom. The number of ether oxygens (including phenoxy) is 2. The molecule has 1 fully saturated rings. The number of rotatable bonds is 7. The van der Waals surface area contributed by atoms with Gasteiger partial charge >= 0.3 is 0 Å². The highest BCUT2D eigenvalue weighted by molar-refractivity contribution is 6.35. The molecule has 2 aromatic rings. The summed E-state index contributed by atoms with van der Waals surface area (Å²) in [6, 6.07) is 13.4. The minimum absolute atomic E-state index is 0.0872. The Hall–Kier alpha value is -3.19. The van der Waals surface area contributed by atoms with Crippen molar-refractivity contribution in [1.29, 1.82) is 0 Å². The first-order valence-electron chi connectivity index (χ1n) is 11.4. The van der Waals surface area contributed by atoms with Gasteiger partial charge in [-0.25, -0.2) is 4.39 Å². The zero-order valence-electron chi connectivity index (χ0n) is 19.2.